The lowest BCUT2D eigenvalue weighted by Gasteiger charge is -2.37. The standard InChI is InChI=1S/C19H21NO4/c1-23-16-10-14-8-9-20(12-18(21)22)19(13-6-4-3-5-7-13)15(14)11-17(16)24-2/h3-7,10-11,19H,8-9,12H2,1-2H3,(H,21,22). The predicted molar refractivity (Wildman–Crippen MR) is 90.7 cm³/mol. The minimum absolute atomic E-state index is 0.00729. The average molecular weight is 327 g/mol. The molecule has 0 aromatic heterocycles. The van der Waals surface area contributed by atoms with Crippen molar-refractivity contribution in [1.82, 2.24) is 4.90 Å². The molecule has 2 aromatic rings. The number of carboxylic acid groups (broad SMARTS) is 1. The van der Waals surface area contributed by atoms with Crippen molar-refractivity contribution < 1.29 is 19.4 Å². The molecule has 0 radical (unpaired) electrons. The lowest BCUT2D eigenvalue weighted by molar-refractivity contribution is -0.138. The van der Waals surface area contributed by atoms with E-state index in [-0.39, 0.29) is 12.6 Å². The van der Waals surface area contributed by atoms with E-state index >= 15 is 0 Å². The minimum Gasteiger partial charge on any atom is -0.493 e. The lowest BCUT2D eigenvalue weighted by Crippen LogP contribution is -2.39. The van der Waals surface area contributed by atoms with Crippen LogP contribution in [0.3, 0.4) is 0 Å². The highest BCUT2D eigenvalue weighted by Crippen LogP contribution is 2.40. The van der Waals surface area contributed by atoms with E-state index in [0.29, 0.717) is 18.0 Å². The maximum atomic E-state index is 11.3. The molecule has 126 valence electrons. The molecule has 0 saturated heterocycles. The molecule has 0 bridgehead atoms. The zero-order valence-electron chi connectivity index (χ0n) is 13.9. The molecule has 1 unspecified atom stereocenters. The molecule has 5 heteroatoms. The number of hydrogen-bond acceptors (Lipinski definition) is 4. The first-order valence-corrected chi connectivity index (χ1v) is 7.89. The van der Waals surface area contributed by atoms with Crippen LogP contribution >= 0.6 is 0 Å². The van der Waals surface area contributed by atoms with Gasteiger partial charge < -0.3 is 14.6 Å². The van der Waals surface area contributed by atoms with Gasteiger partial charge in [0, 0.05) is 6.54 Å². The fourth-order valence-corrected chi connectivity index (χ4v) is 3.37. The first-order valence-electron chi connectivity index (χ1n) is 7.89. The van der Waals surface area contributed by atoms with E-state index in [2.05, 4.69) is 0 Å². The van der Waals surface area contributed by atoms with Crippen LogP contribution in [0.5, 0.6) is 11.5 Å². The Bertz CT molecular complexity index is 730. The molecule has 0 aliphatic carbocycles. The first kappa shape index (κ1) is 16.3. The number of fused-ring (bicyclic) bond motifs is 1. The number of rotatable bonds is 5. The zero-order valence-corrected chi connectivity index (χ0v) is 13.9. The van der Waals surface area contributed by atoms with Crippen molar-refractivity contribution in [2.24, 2.45) is 0 Å². The zero-order chi connectivity index (χ0) is 17.1. The highest BCUT2D eigenvalue weighted by Gasteiger charge is 2.31. The summed E-state index contributed by atoms with van der Waals surface area (Å²) in [5.74, 6) is 0.545. The number of carboxylic acids is 1. The lowest BCUT2D eigenvalue weighted by atomic mass is 9.87. The highest BCUT2D eigenvalue weighted by atomic mass is 16.5. The van der Waals surface area contributed by atoms with Crippen molar-refractivity contribution in [3.8, 4) is 11.5 Å². The van der Waals surface area contributed by atoms with Crippen LogP contribution in [0.4, 0.5) is 0 Å². The van der Waals surface area contributed by atoms with Gasteiger partial charge in [0.25, 0.3) is 0 Å². The van der Waals surface area contributed by atoms with Crippen molar-refractivity contribution >= 4 is 5.97 Å². The Morgan fingerprint density at radius 3 is 2.46 bits per heavy atom. The quantitative estimate of drug-likeness (QED) is 0.915. The van der Waals surface area contributed by atoms with Gasteiger partial charge in [0.15, 0.2) is 11.5 Å². The molecule has 1 atom stereocenters. The Hall–Kier alpha value is -2.53. The molecule has 1 N–H and O–H groups in total. The molecule has 5 nitrogen and oxygen atoms in total. The van der Waals surface area contributed by atoms with Crippen molar-refractivity contribution in [3.05, 3.63) is 59.2 Å². The van der Waals surface area contributed by atoms with Gasteiger partial charge in [-0.2, -0.15) is 0 Å². The average Bonchev–Trinajstić information content (AvgIpc) is 2.60. The van der Waals surface area contributed by atoms with Gasteiger partial charge in [-0.25, -0.2) is 0 Å². The van der Waals surface area contributed by atoms with E-state index in [4.69, 9.17) is 9.47 Å². The third kappa shape index (κ3) is 3.08. The van der Waals surface area contributed by atoms with Crippen LogP contribution in [0, 0.1) is 0 Å². The molecule has 0 fully saturated rings. The Morgan fingerprint density at radius 1 is 1.17 bits per heavy atom. The highest BCUT2D eigenvalue weighted by molar-refractivity contribution is 5.69. The smallest absolute Gasteiger partial charge is 0.317 e. The van der Waals surface area contributed by atoms with Crippen molar-refractivity contribution in [2.45, 2.75) is 12.5 Å². The van der Waals surface area contributed by atoms with Crippen LogP contribution in [0.15, 0.2) is 42.5 Å². The molecular formula is C19H21NO4. The third-order valence-electron chi connectivity index (χ3n) is 4.43. The van der Waals surface area contributed by atoms with Crippen molar-refractivity contribution in [1.29, 1.82) is 0 Å². The molecular weight excluding hydrogens is 306 g/mol. The van der Waals surface area contributed by atoms with Crippen LogP contribution in [0.2, 0.25) is 0 Å². The van der Waals surface area contributed by atoms with Gasteiger partial charge in [0.05, 0.1) is 26.8 Å². The van der Waals surface area contributed by atoms with Crippen LogP contribution in [-0.4, -0.2) is 43.3 Å². The number of nitrogens with zero attached hydrogens (tertiary/aromatic N) is 1. The fourth-order valence-electron chi connectivity index (χ4n) is 3.37. The van der Waals surface area contributed by atoms with E-state index in [1.807, 2.05) is 47.4 Å². The van der Waals surface area contributed by atoms with Gasteiger partial charge in [-0.05, 0) is 35.2 Å². The monoisotopic (exact) mass is 327 g/mol. The van der Waals surface area contributed by atoms with Crippen molar-refractivity contribution in [3.63, 3.8) is 0 Å². The third-order valence-corrected chi connectivity index (χ3v) is 4.43. The minimum atomic E-state index is -0.820. The molecule has 2 aromatic carbocycles. The summed E-state index contributed by atoms with van der Waals surface area (Å²) in [7, 11) is 3.23. The van der Waals surface area contributed by atoms with E-state index in [1.54, 1.807) is 14.2 Å². The second-order valence-corrected chi connectivity index (χ2v) is 5.83. The van der Waals surface area contributed by atoms with Crippen LogP contribution in [-0.2, 0) is 11.2 Å². The van der Waals surface area contributed by atoms with E-state index < -0.39 is 5.97 Å². The molecule has 1 heterocycles. The van der Waals surface area contributed by atoms with Gasteiger partial charge in [-0.15, -0.1) is 0 Å². The molecule has 1 aliphatic heterocycles. The summed E-state index contributed by atoms with van der Waals surface area (Å²) in [5, 5.41) is 9.27. The fraction of sp³-hybridized carbons (Fsp3) is 0.316. The summed E-state index contributed by atoms with van der Waals surface area (Å²) < 4.78 is 10.8. The molecule has 0 spiro atoms. The molecule has 0 amide bonds. The van der Waals surface area contributed by atoms with Gasteiger partial charge in [0.2, 0.25) is 0 Å². The second-order valence-electron chi connectivity index (χ2n) is 5.83. The summed E-state index contributed by atoms with van der Waals surface area (Å²) in [6.45, 7) is 0.696. The number of aliphatic carboxylic acids is 1. The normalized spacial score (nSPS) is 17.2. The van der Waals surface area contributed by atoms with Gasteiger partial charge in [0.1, 0.15) is 0 Å². The Morgan fingerprint density at radius 2 is 1.83 bits per heavy atom. The Labute approximate surface area is 141 Å². The van der Waals surface area contributed by atoms with Gasteiger partial charge in [-0.3, -0.25) is 9.69 Å². The second kappa shape index (κ2) is 6.93. The Balaban J connectivity index is 2.12. The number of ether oxygens (including phenoxy) is 2. The molecule has 3 rings (SSSR count). The Kier molecular flexibility index (Phi) is 4.71. The topological polar surface area (TPSA) is 59.0 Å². The van der Waals surface area contributed by atoms with Crippen LogP contribution in [0.1, 0.15) is 22.7 Å². The molecule has 0 saturated carbocycles. The molecule has 24 heavy (non-hydrogen) atoms. The van der Waals surface area contributed by atoms with E-state index in [9.17, 15) is 9.90 Å². The first-order chi connectivity index (χ1) is 11.6. The van der Waals surface area contributed by atoms with E-state index in [1.165, 1.54) is 5.56 Å². The van der Waals surface area contributed by atoms with Crippen LogP contribution < -0.4 is 9.47 Å². The number of carbonyl (C=O) groups is 1. The largest absolute Gasteiger partial charge is 0.493 e. The van der Waals surface area contributed by atoms with Crippen LogP contribution in [0.25, 0.3) is 0 Å². The molecule has 1 aliphatic rings. The van der Waals surface area contributed by atoms with Gasteiger partial charge >= 0.3 is 5.97 Å². The number of hydrogen-bond donors (Lipinski definition) is 1. The number of methoxy groups -OCH3 is 2. The summed E-state index contributed by atoms with van der Waals surface area (Å²) in [5.41, 5.74) is 3.32. The summed E-state index contributed by atoms with van der Waals surface area (Å²) in [6, 6.07) is 13.8. The summed E-state index contributed by atoms with van der Waals surface area (Å²) >= 11 is 0. The maximum absolute atomic E-state index is 11.3. The van der Waals surface area contributed by atoms with E-state index in [0.717, 1.165) is 17.5 Å². The van der Waals surface area contributed by atoms with Crippen molar-refractivity contribution in [2.75, 3.05) is 27.3 Å². The van der Waals surface area contributed by atoms with Gasteiger partial charge in [-0.1, -0.05) is 30.3 Å². The summed E-state index contributed by atoms with van der Waals surface area (Å²) in [6.07, 6.45) is 0.784. The number of benzene rings is 2. The predicted octanol–water partition coefficient (Wildman–Crippen LogP) is 2.74. The summed E-state index contributed by atoms with van der Waals surface area (Å²) in [4.78, 5) is 13.3. The SMILES string of the molecule is COc1cc2c(cc1OC)C(c1ccccc1)N(CC(=O)O)CC2. The maximum Gasteiger partial charge on any atom is 0.317 e.